The van der Waals surface area contributed by atoms with Gasteiger partial charge < -0.3 is 19.5 Å². The van der Waals surface area contributed by atoms with Gasteiger partial charge in [0, 0.05) is 24.2 Å². The third kappa shape index (κ3) is 3.90. The van der Waals surface area contributed by atoms with E-state index in [-0.39, 0.29) is 23.7 Å². The highest BCUT2D eigenvalue weighted by atomic mass is 35.5. The molecule has 2 unspecified atom stereocenters. The van der Waals surface area contributed by atoms with Crippen LogP contribution in [0, 0.1) is 0 Å². The lowest BCUT2D eigenvalue weighted by Gasteiger charge is -2.35. The number of nitrogens with zero attached hydrogens (tertiary/aromatic N) is 2. The minimum atomic E-state index is -0.296. The Hall–Kier alpha value is -1.89. The molecule has 23 heavy (non-hydrogen) atoms. The van der Waals surface area contributed by atoms with Crippen molar-refractivity contribution < 1.29 is 14.1 Å². The molecule has 122 valence electrons. The zero-order valence-corrected chi connectivity index (χ0v) is 13.5. The minimum absolute atomic E-state index is 0.147. The Balaban J connectivity index is 1.83. The number of benzene rings is 1. The molecule has 0 radical (unpaired) electrons. The Bertz CT molecular complexity index is 645. The number of ether oxygens (including phenoxy) is 1. The van der Waals surface area contributed by atoms with Gasteiger partial charge in [-0.3, -0.25) is 4.79 Å². The summed E-state index contributed by atoms with van der Waals surface area (Å²) in [4.78, 5) is 14.5. The molecule has 2 heterocycles. The van der Waals surface area contributed by atoms with Crippen LogP contribution in [0.25, 0.3) is 0 Å². The van der Waals surface area contributed by atoms with Crippen LogP contribution in [0.2, 0.25) is 5.02 Å². The fourth-order valence-corrected chi connectivity index (χ4v) is 2.74. The van der Waals surface area contributed by atoms with Gasteiger partial charge in [-0.15, -0.1) is 0 Å². The standard InChI is InChI=1S/C16H18ClN3O3/c1-20-7-9-22-14(10-20)15(11-2-4-12(17)5-3-11)18-16(21)13-6-8-23-19-13/h2-6,8,14-15H,7,9-10H2,1H3,(H,18,21). The highest BCUT2D eigenvalue weighted by Gasteiger charge is 2.30. The van der Waals surface area contributed by atoms with Crippen molar-refractivity contribution in [3.63, 3.8) is 0 Å². The zero-order valence-electron chi connectivity index (χ0n) is 12.7. The van der Waals surface area contributed by atoms with Crippen LogP contribution in [0.1, 0.15) is 22.1 Å². The Labute approximate surface area is 139 Å². The Morgan fingerprint density at radius 3 is 2.83 bits per heavy atom. The van der Waals surface area contributed by atoms with E-state index in [0.29, 0.717) is 11.6 Å². The van der Waals surface area contributed by atoms with E-state index < -0.39 is 0 Å². The van der Waals surface area contributed by atoms with Gasteiger partial charge in [0.05, 0.1) is 18.8 Å². The number of morpholine rings is 1. The normalized spacial score (nSPS) is 20.2. The molecular weight excluding hydrogens is 318 g/mol. The van der Waals surface area contributed by atoms with Gasteiger partial charge in [0.2, 0.25) is 0 Å². The SMILES string of the molecule is CN1CCOC(C(NC(=O)c2ccon2)c2ccc(Cl)cc2)C1. The molecule has 0 bridgehead atoms. The number of hydrogen-bond acceptors (Lipinski definition) is 5. The van der Waals surface area contributed by atoms with E-state index in [1.54, 1.807) is 12.1 Å². The molecule has 1 aromatic carbocycles. The lowest BCUT2D eigenvalue weighted by molar-refractivity contribution is -0.0381. The first-order valence-electron chi connectivity index (χ1n) is 7.40. The van der Waals surface area contributed by atoms with E-state index >= 15 is 0 Å². The predicted molar refractivity (Wildman–Crippen MR) is 85.4 cm³/mol. The summed E-state index contributed by atoms with van der Waals surface area (Å²) < 4.78 is 10.6. The number of amides is 1. The predicted octanol–water partition coefficient (Wildman–Crippen LogP) is 2.13. The van der Waals surface area contributed by atoms with Gasteiger partial charge in [0.1, 0.15) is 6.26 Å². The molecule has 3 rings (SSSR count). The number of carbonyl (C=O) groups excluding carboxylic acids is 1. The smallest absolute Gasteiger partial charge is 0.274 e. The molecule has 1 aliphatic heterocycles. The van der Waals surface area contributed by atoms with E-state index in [1.165, 1.54) is 12.3 Å². The molecule has 1 fully saturated rings. The second kappa shape index (κ2) is 7.12. The third-order valence-electron chi connectivity index (χ3n) is 3.85. The summed E-state index contributed by atoms with van der Waals surface area (Å²) in [5.41, 5.74) is 1.18. The maximum absolute atomic E-state index is 12.4. The molecule has 7 heteroatoms. The van der Waals surface area contributed by atoms with E-state index in [0.717, 1.165) is 18.7 Å². The van der Waals surface area contributed by atoms with Crippen molar-refractivity contribution in [2.45, 2.75) is 12.1 Å². The van der Waals surface area contributed by atoms with Crippen LogP contribution in [0.5, 0.6) is 0 Å². The lowest BCUT2D eigenvalue weighted by atomic mass is 9.99. The molecule has 1 aliphatic rings. The Morgan fingerprint density at radius 1 is 1.39 bits per heavy atom. The molecule has 1 saturated heterocycles. The maximum Gasteiger partial charge on any atom is 0.274 e. The van der Waals surface area contributed by atoms with Crippen LogP contribution < -0.4 is 5.32 Å². The van der Waals surface area contributed by atoms with Crippen molar-refractivity contribution in [1.82, 2.24) is 15.4 Å². The molecule has 0 saturated carbocycles. The van der Waals surface area contributed by atoms with Gasteiger partial charge >= 0.3 is 0 Å². The van der Waals surface area contributed by atoms with Crippen molar-refractivity contribution in [3.8, 4) is 0 Å². The second-order valence-corrected chi connectivity index (χ2v) is 6.00. The first-order chi connectivity index (χ1) is 11.1. The fraction of sp³-hybridized carbons (Fsp3) is 0.375. The van der Waals surface area contributed by atoms with Gasteiger partial charge in [-0.25, -0.2) is 0 Å². The maximum atomic E-state index is 12.4. The monoisotopic (exact) mass is 335 g/mol. The number of aromatic nitrogens is 1. The molecule has 1 aromatic heterocycles. The first-order valence-corrected chi connectivity index (χ1v) is 7.78. The van der Waals surface area contributed by atoms with E-state index in [9.17, 15) is 4.79 Å². The average molecular weight is 336 g/mol. The van der Waals surface area contributed by atoms with E-state index in [2.05, 4.69) is 15.4 Å². The van der Waals surface area contributed by atoms with Crippen LogP contribution in [0.3, 0.4) is 0 Å². The number of nitrogens with one attached hydrogen (secondary N) is 1. The molecular formula is C16H18ClN3O3. The van der Waals surface area contributed by atoms with Crippen molar-refractivity contribution in [1.29, 1.82) is 0 Å². The van der Waals surface area contributed by atoms with Crippen LogP contribution in [0.4, 0.5) is 0 Å². The summed E-state index contributed by atoms with van der Waals surface area (Å²) in [6.45, 7) is 2.23. The van der Waals surface area contributed by atoms with Crippen LogP contribution >= 0.6 is 11.6 Å². The fourth-order valence-electron chi connectivity index (χ4n) is 2.62. The second-order valence-electron chi connectivity index (χ2n) is 5.56. The van der Waals surface area contributed by atoms with Crippen LogP contribution in [-0.4, -0.2) is 48.8 Å². The van der Waals surface area contributed by atoms with Crippen LogP contribution in [0.15, 0.2) is 41.1 Å². The van der Waals surface area contributed by atoms with Crippen molar-refractivity contribution in [2.24, 2.45) is 0 Å². The van der Waals surface area contributed by atoms with Crippen LogP contribution in [-0.2, 0) is 4.74 Å². The average Bonchev–Trinajstić information content (AvgIpc) is 3.08. The molecule has 0 spiro atoms. The minimum Gasteiger partial charge on any atom is -0.373 e. The summed E-state index contributed by atoms with van der Waals surface area (Å²) in [6.07, 6.45) is 1.22. The number of carbonyl (C=O) groups is 1. The molecule has 2 atom stereocenters. The highest BCUT2D eigenvalue weighted by Crippen LogP contribution is 2.24. The van der Waals surface area contributed by atoms with Gasteiger partial charge in [-0.05, 0) is 24.7 Å². The topological polar surface area (TPSA) is 67.6 Å². The largest absolute Gasteiger partial charge is 0.373 e. The Kier molecular flexibility index (Phi) is 4.95. The summed E-state index contributed by atoms with van der Waals surface area (Å²) in [5.74, 6) is -0.296. The number of likely N-dealkylation sites (N-methyl/N-ethyl adjacent to an activating group) is 1. The molecule has 2 aromatic rings. The van der Waals surface area contributed by atoms with Gasteiger partial charge in [0.15, 0.2) is 5.69 Å². The van der Waals surface area contributed by atoms with Gasteiger partial charge in [0.25, 0.3) is 5.91 Å². The van der Waals surface area contributed by atoms with E-state index in [1.807, 2.05) is 19.2 Å². The zero-order chi connectivity index (χ0) is 16.2. The quantitative estimate of drug-likeness (QED) is 0.927. The third-order valence-corrected chi connectivity index (χ3v) is 4.11. The number of hydrogen-bond donors (Lipinski definition) is 1. The van der Waals surface area contributed by atoms with Crippen molar-refractivity contribution in [2.75, 3.05) is 26.7 Å². The van der Waals surface area contributed by atoms with Crippen molar-refractivity contribution in [3.05, 3.63) is 52.9 Å². The Morgan fingerprint density at radius 2 is 2.17 bits per heavy atom. The summed E-state index contributed by atoms with van der Waals surface area (Å²) in [6, 6.07) is 8.64. The first kappa shape index (κ1) is 16.0. The lowest BCUT2D eigenvalue weighted by Crippen LogP contribution is -2.48. The molecule has 0 aliphatic carbocycles. The summed E-state index contributed by atoms with van der Waals surface area (Å²) >= 11 is 5.96. The number of rotatable bonds is 4. The number of halogens is 1. The molecule has 1 N–H and O–H groups in total. The van der Waals surface area contributed by atoms with Gasteiger partial charge in [-0.2, -0.15) is 0 Å². The molecule has 6 nitrogen and oxygen atoms in total. The van der Waals surface area contributed by atoms with E-state index in [4.69, 9.17) is 20.9 Å². The summed E-state index contributed by atoms with van der Waals surface area (Å²) in [7, 11) is 2.04. The molecule has 1 amide bonds. The van der Waals surface area contributed by atoms with Crippen molar-refractivity contribution >= 4 is 17.5 Å². The van der Waals surface area contributed by atoms with Gasteiger partial charge in [-0.1, -0.05) is 28.9 Å². The summed E-state index contributed by atoms with van der Waals surface area (Å²) in [5, 5.41) is 7.32. The highest BCUT2D eigenvalue weighted by molar-refractivity contribution is 6.30.